The number of aldehydes is 1. The summed E-state index contributed by atoms with van der Waals surface area (Å²) in [5, 5.41) is 4.98. The highest BCUT2D eigenvalue weighted by atomic mass is 16.2. The molecule has 3 heteroatoms. The lowest BCUT2D eigenvalue weighted by Crippen LogP contribution is -2.37. The van der Waals surface area contributed by atoms with Crippen LogP contribution in [0.2, 0.25) is 0 Å². The molecule has 1 amide bonds. The molecule has 98 valence electrons. The van der Waals surface area contributed by atoms with Crippen LogP contribution in [0.15, 0.2) is 42.5 Å². The van der Waals surface area contributed by atoms with E-state index in [1.165, 1.54) is 10.8 Å². The lowest BCUT2D eigenvalue weighted by atomic mass is 9.81. The molecule has 0 aliphatic rings. The average Bonchev–Trinajstić information content (AvgIpc) is 2.44. The number of amides is 1. The van der Waals surface area contributed by atoms with Gasteiger partial charge in [0.05, 0.1) is 0 Å². The maximum Gasteiger partial charge on any atom is 0.284 e. The Bertz CT molecular complexity index is 612. The number of fused-ring (bicyclic) bond motifs is 1. The first-order chi connectivity index (χ1) is 9.04. The normalized spacial score (nSPS) is 11.3. The Kier molecular flexibility index (Phi) is 3.65. The van der Waals surface area contributed by atoms with E-state index in [-0.39, 0.29) is 5.41 Å². The van der Waals surface area contributed by atoms with E-state index >= 15 is 0 Å². The molecule has 0 aromatic heterocycles. The fourth-order valence-corrected chi connectivity index (χ4v) is 2.26. The van der Waals surface area contributed by atoms with Crippen molar-refractivity contribution in [3.8, 4) is 0 Å². The molecule has 0 fully saturated rings. The van der Waals surface area contributed by atoms with E-state index in [1.807, 2.05) is 18.2 Å². The van der Waals surface area contributed by atoms with Gasteiger partial charge >= 0.3 is 0 Å². The quantitative estimate of drug-likeness (QED) is 0.673. The summed E-state index contributed by atoms with van der Waals surface area (Å²) < 4.78 is 0. The van der Waals surface area contributed by atoms with Crippen molar-refractivity contribution in [3.63, 3.8) is 0 Å². The Balaban J connectivity index is 2.37. The Morgan fingerprint density at radius 1 is 1.16 bits per heavy atom. The number of nitrogens with one attached hydrogen (secondary N) is 1. The first-order valence-corrected chi connectivity index (χ1v) is 6.26. The maximum absolute atomic E-state index is 11.1. The molecule has 2 aromatic rings. The first-order valence-electron chi connectivity index (χ1n) is 6.26. The van der Waals surface area contributed by atoms with Gasteiger partial charge < -0.3 is 5.32 Å². The SMILES string of the molecule is CC(C)(CNC(=O)C=O)c1cccc2ccccc12. The van der Waals surface area contributed by atoms with Crippen LogP contribution in [0.3, 0.4) is 0 Å². The van der Waals surface area contributed by atoms with Crippen LogP contribution in [-0.4, -0.2) is 18.7 Å². The molecule has 0 saturated carbocycles. The molecular weight excluding hydrogens is 238 g/mol. The standard InChI is InChI=1S/C16H17NO2/c1-16(2,11-17-15(19)10-18)14-9-5-7-12-6-3-4-8-13(12)14/h3-10H,11H2,1-2H3,(H,17,19). The maximum atomic E-state index is 11.1. The van der Waals surface area contributed by atoms with Gasteiger partial charge in [-0.05, 0) is 16.3 Å². The minimum absolute atomic E-state index is 0.237. The topological polar surface area (TPSA) is 46.2 Å². The Labute approximate surface area is 112 Å². The van der Waals surface area contributed by atoms with Gasteiger partial charge in [0.2, 0.25) is 6.29 Å². The second kappa shape index (κ2) is 5.22. The van der Waals surface area contributed by atoms with Crippen LogP contribution >= 0.6 is 0 Å². The van der Waals surface area contributed by atoms with E-state index < -0.39 is 5.91 Å². The molecule has 2 aromatic carbocycles. The largest absolute Gasteiger partial charge is 0.349 e. The summed E-state index contributed by atoms with van der Waals surface area (Å²) in [6.45, 7) is 4.54. The van der Waals surface area contributed by atoms with Gasteiger partial charge in [0, 0.05) is 12.0 Å². The number of benzene rings is 2. The van der Waals surface area contributed by atoms with Crippen molar-refractivity contribution in [1.29, 1.82) is 0 Å². The summed E-state index contributed by atoms with van der Waals surface area (Å²) >= 11 is 0. The molecule has 0 unspecified atom stereocenters. The minimum atomic E-state index is -0.576. The van der Waals surface area contributed by atoms with Gasteiger partial charge in [-0.15, -0.1) is 0 Å². The smallest absolute Gasteiger partial charge is 0.284 e. The average molecular weight is 255 g/mol. The molecule has 0 bridgehead atoms. The molecule has 0 aliphatic carbocycles. The number of rotatable bonds is 4. The molecule has 0 atom stereocenters. The van der Waals surface area contributed by atoms with Crippen molar-refractivity contribution in [1.82, 2.24) is 5.32 Å². The second-order valence-corrected chi connectivity index (χ2v) is 5.25. The molecule has 0 radical (unpaired) electrons. The predicted octanol–water partition coefficient (Wildman–Crippen LogP) is 2.43. The molecule has 1 N–H and O–H groups in total. The summed E-state index contributed by atoms with van der Waals surface area (Å²) in [5.74, 6) is -0.576. The van der Waals surface area contributed by atoms with Crippen molar-refractivity contribution in [2.24, 2.45) is 0 Å². The van der Waals surface area contributed by atoms with Crippen molar-refractivity contribution in [2.75, 3.05) is 6.54 Å². The van der Waals surface area contributed by atoms with Crippen LogP contribution in [0.4, 0.5) is 0 Å². The number of carbonyl (C=O) groups is 2. The second-order valence-electron chi connectivity index (χ2n) is 5.25. The third kappa shape index (κ3) is 2.81. The van der Waals surface area contributed by atoms with E-state index in [0.29, 0.717) is 12.8 Å². The van der Waals surface area contributed by atoms with Gasteiger partial charge in [-0.25, -0.2) is 0 Å². The first kappa shape index (κ1) is 13.3. The number of carbonyl (C=O) groups excluding carboxylic acids is 2. The van der Waals surface area contributed by atoms with Crippen LogP contribution < -0.4 is 5.32 Å². The van der Waals surface area contributed by atoms with Gasteiger partial charge in [-0.2, -0.15) is 0 Å². The van der Waals surface area contributed by atoms with Crippen LogP contribution in [0.5, 0.6) is 0 Å². The molecule has 0 spiro atoms. The third-order valence-corrected chi connectivity index (χ3v) is 3.33. The highest BCUT2D eigenvalue weighted by molar-refractivity contribution is 6.23. The summed E-state index contributed by atoms with van der Waals surface area (Å²) in [6.07, 6.45) is 0.305. The fourth-order valence-electron chi connectivity index (χ4n) is 2.26. The number of hydrogen-bond acceptors (Lipinski definition) is 2. The lowest BCUT2D eigenvalue weighted by Gasteiger charge is -2.26. The highest BCUT2D eigenvalue weighted by Gasteiger charge is 2.23. The summed E-state index contributed by atoms with van der Waals surface area (Å²) in [6, 6.07) is 14.3. The summed E-state index contributed by atoms with van der Waals surface area (Å²) in [4.78, 5) is 21.4. The molecule has 0 heterocycles. The van der Waals surface area contributed by atoms with Crippen molar-refractivity contribution in [2.45, 2.75) is 19.3 Å². The van der Waals surface area contributed by atoms with Crippen molar-refractivity contribution in [3.05, 3.63) is 48.0 Å². The van der Waals surface area contributed by atoms with Gasteiger partial charge in [-0.3, -0.25) is 9.59 Å². The van der Waals surface area contributed by atoms with Gasteiger partial charge in [0.15, 0.2) is 0 Å². The Morgan fingerprint density at radius 3 is 2.58 bits per heavy atom. The Morgan fingerprint density at radius 2 is 1.84 bits per heavy atom. The van der Waals surface area contributed by atoms with Crippen LogP contribution in [0.25, 0.3) is 10.8 Å². The van der Waals surface area contributed by atoms with E-state index in [4.69, 9.17) is 0 Å². The third-order valence-electron chi connectivity index (χ3n) is 3.33. The highest BCUT2D eigenvalue weighted by Crippen LogP contribution is 2.29. The zero-order valence-corrected chi connectivity index (χ0v) is 11.1. The fraction of sp³-hybridized carbons (Fsp3) is 0.250. The van der Waals surface area contributed by atoms with Gasteiger partial charge in [-0.1, -0.05) is 56.3 Å². The molecule has 19 heavy (non-hydrogen) atoms. The van der Waals surface area contributed by atoms with Gasteiger partial charge in [0.1, 0.15) is 0 Å². The molecular formula is C16H17NO2. The molecule has 2 rings (SSSR count). The summed E-state index contributed by atoms with van der Waals surface area (Å²) in [7, 11) is 0. The van der Waals surface area contributed by atoms with Crippen molar-refractivity contribution >= 4 is 23.0 Å². The van der Waals surface area contributed by atoms with Crippen LogP contribution in [0, 0.1) is 0 Å². The zero-order chi connectivity index (χ0) is 13.9. The van der Waals surface area contributed by atoms with E-state index in [2.05, 4.69) is 43.4 Å². The zero-order valence-electron chi connectivity index (χ0n) is 11.1. The molecule has 3 nitrogen and oxygen atoms in total. The van der Waals surface area contributed by atoms with E-state index in [9.17, 15) is 9.59 Å². The monoisotopic (exact) mass is 255 g/mol. The minimum Gasteiger partial charge on any atom is -0.349 e. The Hall–Kier alpha value is -2.16. The van der Waals surface area contributed by atoms with Gasteiger partial charge in [0.25, 0.3) is 5.91 Å². The predicted molar refractivity (Wildman–Crippen MR) is 76.0 cm³/mol. The van der Waals surface area contributed by atoms with Crippen LogP contribution in [0.1, 0.15) is 19.4 Å². The molecule has 0 aliphatic heterocycles. The van der Waals surface area contributed by atoms with Crippen molar-refractivity contribution < 1.29 is 9.59 Å². The van der Waals surface area contributed by atoms with Crippen LogP contribution in [-0.2, 0) is 15.0 Å². The van der Waals surface area contributed by atoms with E-state index in [1.54, 1.807) is 0 Å². The molecule has 0 saturated heterocycles. The number of hydrogen-bond donors (Lipinski definition) is 1. The van der Waals surface area contributed by atoms with E-state index in [0.717, 1.165) is 5.56 Å². The summed E-state index contributed by atoms with van der Waals surface area (Å²) in [5.41, 5.74) is 0.927. The lowest BCUT2D eigenvalue weighted by molar-refractivity contribution is -0.131.